The largest absolute Gasteiger partial charge is 0.417 e. The van der Waals surface area contributed by atoms with Gasteiger partial charge in [0.15, 0.2) is 0 Å². The molecule has 2 aliphatic rings. The predicted molar refractivity (Wildman–Crippen MR) is 124 cm³/mol. The van der Waals surface area contributed by atoms with E-state index in [9.17, 15) is 26.4 Å². The van der Waals surface area contributed by atoms with Crippen molar-refractivity contribution in [2.45, 2.75) is 95.8 Å². The molecular formula is C23H38F3N3O3S. The third kappa shape index (κ3) is 7.60. The van der Waals surface area contributed by atoms with Gasteiger partial charge in [0.25, 0.3) is 0 Å². The molecule has 190 valence electrons. The summed E-state index contributed by atoms with van der Waals surface area (Å²) in [6.07, 6.45) is 3.77. The Kier molecular flexibility index (Phi) is 11.2. The lowest BCUT2D eigenvalue weighted by molar-refractivity contribution is -0.139. The molecule has 0 spiro atoms. The van der Waals surface area contributed by atoms with Crippen LogP contribution in [0, 0.1) is 0 Å². The van der Waals surface area contributed by atoms with E-state index in [1.807, 2.05) is 0 Å². The Labute approximate surface area is 196 Å². The second-order valence-electron chi connectivity index (χ2n) is 8.30. The lowest BCUT2D eigenvalue weighted by Crippen LogP contribution is -2.48. The number of nitrogens with one attached hydrogen (secondary N) is 2. The Balaban J connectivity index is 0.00000272. The highest BCUT2D eigenvalue weighted by Gasteiger charge is 2.42. The second-order valence-corrected chi connectivity index (χ2v) is 10.2. The molecule has 2 N–H and O–H groups in total. The van der Waals surface area contributed by atoms with E-state index in [1.165, 1.54) is 18.6 Å². The van der Waals surface area contributed by atoms with E-state index in [0.717, 1.165) is 55.0 Å². The highest BCUT2D eigenvalue weighted by Crippen LogP contribution is 2.36. The molecule has 0 radical (unpaired) electrons. The fourth-order valence-corrected chi connectivity index (χ4v) is 6.34. The van der Waals surface area contributed by atoms with Crippen LogP contribution >= 0.6 is 0 Å². The number of carbonyl (C=O) groups is 1. The fourth-order valence-electron chi connectivity index (χ4n) is 4.43. The Hall–Kier alpha value is -1.81. The molecule has 1 heterocycles. The van der Waals surface area contributed by atoms with Gasteiger partial charge in [-0.15, -0.1) is 0 Å². The molecule has 1 unspecified atom stereocenters. The average Bonchev–Trinajstić information content (AvgIpc) is 3.17. The monoisotopic (exact) mass is 493 g/mol. The topological polar surface area (TPSA) is 78.5 Å². The van der Waals surface area contributed by atoms with Gasteiger partial charge in [0.1, 0.15) is 0 Å². The molecule has 6 nitrogen and oxygen atoms in total. The predicted octanol–water partition coefficient (Wildman–Crippen LogP) is 5.54. The first-order valence-electron chi connectivity index (χ1n) is 10.9. The van der Waals surface area contributed by atoms with Crippen molar-refractivity contribution < 1.29 is 26.4 Å². The molecule has 33 heavy (non-hydrogen) atoms. The first-order valence-corrected chi connectivity index (χ1v) is 12.4. The normalized spacial score (nSPS) is 20.6. The van der Waals surface area contributed by atoms with E-state index in [-0.39, 0.29) is 40.0 Å². The van der Waals surface area contributed by atoms with Crippen LogP contribution in [0.3, 0.4) is 0 Å². The maximum absolute atomic E-state index is 13.3. The van der Waals surface area contributed by atoms with Gasteiger partial charge in [-0.1, -0.05) is 59.1 Å². The molecule has 0 bridgehead atoms. The minimum atomic E-state index is -4.77. The number of hydrogen-bond acceptors (Lipinski definition) is 3. The van der Waals surface area contributed by atoms with Crippen molar-refractivity contribution in [1.29, 1.82) is 0 Å². The average molecular weight is 494 g/mol. The number of urea groups is 1. The quantitative estimate of drug-likeness (QED) is 0.565. The molecule has 1 aliphatic carbocycles. The van der Waals surface area contributed by atoms with Crippen LogP contribution in [0.15, 0.2) is 29.2 Å². The lowest BCUT2D eigenvalue weighted by atomic mass is 9.97. The number of benzene rings is 1. The molecule has 2 fully saturated rings. The summed E-state index contributed by atoms with van der Waals surface area (Å²) in [4.78, 5) is 11.6. The van der Waals surface area contributed by atoms with Crippen molar-refractivity contribution in [2.24, 2.45) is 0 Å². The van der Waals surface area contributed by atoms with E-state index in [2.05, 4.69) is 10.6 Å². The molecule has 1 aliphatic heterocycles. The number of hydrogen-bond donors (Lipinski definition) is 2. The van der Waals surface area contributed by atoms with E-state index in [0.29, 0.717) is 12.8 Å². The standard InChI is InChI=1S/C21H30F3N3O3S.2CH4/c22-21(23,24)18-12-6-7-13-19(18)31(29,30)27-14-8-11-17(27)15-25-20(28)26-16-9-4-2-1-3-5-10-16;;/h6-7,12-13,16-17H,1-5,8-11,14-15H2,(H2,25,26,28);2*1H4. The van der Waals surface area contributed by atoms with Crippen LogP contribution in [0.1, 0.15) is 78.2 Å². The summed E-state index contributed by atoms with van der Waals surface area (Å²) < 4.78 is 67.2. The van der Waals surface area contributed by atoms with Crippen molar-refractivity contribution in [3.63, 3.8) is 0 Å². The number of sulfonamides is 1. The van der Waals surface area contributed by atoms with Gasteiger partial charge in [-0.25, -0.2) is 13.2 Å². The first-order chi connectivity index (χ1) is 14.7. The number of carbonyl (C=O) groups excluding carboxylic acids is 1. The molecule has 10 heteroatoms. The molecule has 1 atom stereocenters. The Morgan fingerprint density at radius 2 is 1.58 bits per heavy atom. The summed E-state index contributed by atoms with van der Waals surface area (Å²) in [5, 5.41) is 5.69. The van der Waals surface area contributed by atoms with E-state index in [4.69, 9.17) is 0 Å². The number of alkyl halides is 3. The van der Waals surface area contributed by atoms with Gasteiger partial charge in [0.05, 0.1) is 10.5 Å². The Morgan fingerprint density at radius 3 is 2.21 bits per heavy atom. The van der Waals surface area contributed by atoms with Crippen LogP contribution < -0.4 is 10.6 Å². The highest BCUT2D eigenvalue weighted by atomic mass is 32.2. The molecule has 1 saturated carbocycles. The summed E-state index contributed by atoms with van der Waals surface area (Å²) >= 11 is 0. The van der Waals surface area contributed by atoms with Gasteiger partial charge in [-0.05, 0) is 37.8 Å². The van der Waals surface area contributed by atoms with Gasteiger partial charge in [0, 0.05) is 25.2 Å². The van der Waals surface area contributed by atoms with Crippen molar-refractivity contribution in [2.75, 3.05) is 13.1 Å². The Bertz CT molecular complexity index is 854. The van der Waals surface area contributed by atoms with Crippen molar-refractivity contribution in [1.82, 2.24) is 14.9 Å². The Morgan fingerprint density at radius 1 is 0.970 bits per heavy atom. The number of rotatable bonds is 5. The van der Waals surface area contributed by atoms with Gasteiger partial charge >= 0.3 is 12.2 Å². The number of nitrogens with zero attached hydrogens (tertiary/aromatic N) is 1. The van der Waals surface area contributed by atoms with Gasteiger partial charge in [-0.3, -0.25) is 0 Å². The summed E-state index contributed by atoms with van der Waals surface area (Å²) in [7, 11) is -4.34. The van der Waals surface area contributed by atoms with Gasteiger partial charge in [-0.2, -0.15) is 17.5 Å². The minimum Gasteiger partial charge on any atom is -0.337 e. The zero-order valence-corrected chi connectivity index (χ0v) is 18.3. The number of halogens is 3. The molecule has 3 rings (SSSR count). The van der Waals surface area contributed by atoms with Crippen molar-refractivity contribution >= 4 is 16.1 Å². The summed E-state index contributed by atoms with van der Waals surface area (Å²) in [6, 6.07) is 3.39. The van der Waals surface area contributed by atoms with E-state index in [1.54, 1.807) is 0 Å². The smallest absolute Gasteiger partial charge is 0.337 e. The summed E-state index contributed by atoms with van der Waals surface area (Å²) in [5.41, 5.74) is -1.17. The maximum atomic E-state index is 13.3. The first kappa shape index (κ1) is 29.2. The van der Waals surface area contributed by atoms with Gasteiger partial charge in [0.2, 0.25) is 10.0 Å². The highest BCUT2D eigenvalue weighted by molar-refractivity contribution is 7.89. The third-order valence-corrected chi connectivity index (χ3v) is 8.05. The summed E-state index contributed by atoms with van der Waals surface area (Å²) in [6.45, 7) is 0.192. The molecule has 2 amide bonds. The van der Waals surface area contributed by atoms with Gasteiger partial charge < -0.3 is 10.6 Å². The molecule has 0 aromatic heterocycles. The van der Waals surface area contributed by atoms with Crippen molar-refractivity contribution in [3.8, 4) is 0 Å². The molecule has 1 saturated heterocycles. The van der Waals surface area contributed by atoms with Crippen LogP contribution in [0.2, 0.25) is 0 Å². The second kappa shape index (κ2) is 12.6. The zero-order chi connectivity index (χ0) is 22.5. The number of amides is 2. The van der Waals surface area contributed by atoms with Crippen molar-refractivity contribution in [3.05, 3.63) is 29.8 Å². The van der Waals surface area contributed by atoms with Crippen LogP contribution in [-0.2, 0) is 16.2 Å². The minimum absolute atomic E-state index is 0. The summed E-state index contributed by atoms with van der Waals surface area (Å²) in [5.74, 6) is 0. The zero-order valence-electron chi connectivity index (χ0n) is 17.5. The van der Waals surface area contributed by atoms with Crippen LogP contribution in [0.5, 0.6) is 0 Å². The third-order valence-electron chi connectivity index (χ3n) is 6.04. The van der Waals surface area contributed by atoms with Crippen LogP contribution in [0.4, 0.5) is 18.0 Å². The molecular weight excluding hydrogens is 455 g/mol. The van der Waals surface area contributed by atoms with E-state index >= 15 is 0 Å². The van der Waals surface area contributed by atoms with Crippen LogP contribution in [0.25, 0.3) is 0 Å². The maximum Gasteiger partial charge on any atom is 0.417 e. The lowest BCUT2D eigenvalue weighted by Gasteiger charge is -2.26. The fraction of sp³-hybridized carbons (Fsp3) is 0.696. The SMILES string of the molecule is C.C.O=C(NCC1CCCN1S(=O)(=O)c1ccccc1C(F)(F)F)NC1CCCCCCC1. The van der Waals surface area contributed by atoms with E-state index < -0.39 is 32.7 Å². The molecule has 1 aromatic carbocycles. The molecule has 1 aromatic rings. The van der Waals surface area contributed by atoms with Crippen LogP contribution in [-0.4, -0.2) is 43.9 Å².